The van der Waals surface area contributed by atoms with Gasteiger partial charge in [0, 0.05) is 19.1 Å². The number of carbonyl (C=O) groups excluding carboxylic acids is 2. The van der Waals surface area contributed by atoms with Crippen LogP contribution in [0.25, 0.3) is 0 Å². The van der Waals surface area contributed by atoms with Crippen LogP contribution in [-0.4, -0.2) is 40.5 Å². The first kappa shape index (κ1) is 21.6. The minimum atomic E-state index is -0.139. The van der Waals surface area contributed by atoms with E-state index in [0.29, 0.717) is 36.9 Å². The average Bonchev–Trinajstić information content (AvgIpc) is 3.43. The molecule has 1 N–H and O–H groups in total. The third-order valence-corrected chi connectivity index (χ3v) is 6.61. The van der Waals surface area contributed by atoms with Gasteiger partial charge in [0.05, 0.1) is 30.5 Å². The lowest BCUT2D eigenvalue weighted by molar-refractivity contribution is 0.0662. The molecule has 2 amide bonds. The summed E-state index contributed by atoms with van der Waals surface area (Å²) in [7, 11) is 0. The first-order chi connectivity index (χ1) is 15.0. The van der Waals surface area contributed by atoms with Gasteiger partial charge in [-0.25, -0.2) is 0 Å². The third kappa shape index (κ3) is 4.26. The quantitative estimate of drug-likeness (QED) is 0.759. The maximum atomic E-state index is 13.5. The molecule has 0 bridgehead atoms. The molecule has 31 heavy (non-hydrogen) atoms. The van der Waals surface area contributed by atoms with Crippen LogP contribution >= 0.6 is 0 Å². The van der Waals surface area contributed by atoms with E-state index in [-0.39, 0.29) is 23.9 Å². The van der Waals surface area contributed by atoms with Crippen molar-refractivity contribution in [1.82, 2.24) is 14.8 Å². The zero-order chi connectivity index (χ0) is 22.0. The van der Waals surface area contributed by atoms with Gasteiger partial charge in [0.25, 0.3) is 11.8 Å². The number of nitrogens with one attached hydrogen (secondary N) is 1. The summed E-state index contributed by atoms with van der Waals surface area (Å²) in [5.41, 5.74) is 3.07. The fourth-order valence-electron chi connectivity index (χ4n) is 4.93. The summed E-state index contributed by atoms with van der Waals surface area (Å²) < 4.78 is 7.64. The number of aromatic nitrogens is 1. The molecule has 1 aromatic carbocycles. The van der Waals surface area contributed by atoms with Crippen molar-refractivity contribution in [3.05, 3.63) is 58.9 Å². The second-order valence-electron chi connectivity index (χ2n) is 8.89. The zero-order valence-electron chi connectivity index (χ0n) is 18.8. The molecule has 166 valence electrons. The normalized spacial score (nSPS) is 19.4. The van der Waals surface area contributed by atoms with Gasteiger partial charge in [0.1, 0.15) is 5.69 Å². The highest BCUT2D eigenvalue weighted by Gasteiger charge is 2.35. The lowest BCUT2D eigenvalue weighted by atomic mass is 10.0. The Labute approximate surface area is 184 Å². The van der Waals surface area contributed by atoms with Crippen LogP contribution in [0.5, 0.6) is 0 Å². The second kappa shape index (κ2) is 9.27. The lowest BCUT2D eigenvalue weighted by Gasteiger charge is -2.28. The van der Waals surface area contributed by atoms with Crippen molar-refractivity contribution in [3.8, 4) is 0 Å². The van der Waals surface area contributed by atoms with Gasteiger partial charge in [-0.15, -0.1) is 0 Å². The van der Waals surface area contributed by atoms with Crippen LogP contribution in [0.2, 0.25) is 0 Å². The standard InChI is InChI=1S/C25H33N3O3/c1-4-20(18-9-6-5-7-10-18)26-24(29)22-15-19(23-16-31-14-13-27(22)23)25(30)28-12-8-11-21(28)17(2)3/h5-7,9-10,15,17,20-21H,4,8,11-14,16H2,1-3H3,(H,26,29). The van der Waals surface area contributed by atoms with E-state index in [4.69, 9.17) is 4.74 Å². The van der Waals surface area contributed by atoms with Gasteiger partial charge in [0.2, 0.25) is 0 Å². The largest absolute Gasteiger partial charge is 0.373 e. The van der Waals surface area contributed by atoms with Gasteiger partial charge in [-0.2, -0.15) is 0 Å². The van der Waals surface area contributed by atoms with Crippen molar-refractivity contribution in [1.29, 1.82) is 0 Å². The third-order valence-electron chi connectivity index (χ3n) is 6.61. The number of ether oxygens (including phenoxy) is 1. The van der Waals surface area contributed by atoms with Crippen molar-refractivity contribution in [2.45, 2.75) is 65.3 Å². The predicted octanol–water partition coefficient (Wildman–Crippen LogP) is 4.16. The Morgan fingerprint density at radius 3 is 2.68 bits per heavy atom. The Kier molecular flexibility index (Phi) is 6.46. The molecule has 0 spiro atoms. The van der Waals surface area contributed by atoms with E-state index in [1.807, 2.05) is 39.8 Å². The fraction of sp³-hybridized carbons (Fsp3) is 0.520. The molecule has 4 rings (SSSR count). The molecule has 3 heterocycles. The maximum absolute atomic E-state index is 13.5. The van der Waals surface area contributed by atoms with E-state index in [1.54, 1.807) is 6.07 Å². The van der Waals surface area contributed by atoms with Crippen LogP contribution in [0.15, 0.2) is 36.4 Å². The molecule has 2 aliphatic rings. The minimum absolute atomic E-state index is 0.0274. The first-order valence-electron chi connectivity index (χ1n) is 11.5. The van der Waals surface area contributed by atoms with Gasteiger partial charge in [-0.05, 0) is 36.8 Å². The number of amides is 2. The molecule has 1 fully saturated rings. The second-order valence-corrected chi connectivity index (χ2v) is 8.89. The first-order valence-corrected chi connectivity index (χ1v) is 11.5. The summed E-state index contributed by atoms with van der Waals surface area (Å²) in [5.74, 6) is 0.305. The highest BCUT2D eigenvalue weighted by Crippen LogP contribution is 2.29. The lowest BCUT2D eigenvalue weighted by Crippen LogP contribution is -2.39. The Balaban J connectivity index is 1.62. The van der Waals surface area contributed by atoms with E-state index in [9.17, 15) is 9.59 Å². The van der Waals surface area contributed by atoms with Crippen molar-refractivity contribution < 1.29 is 14.3 Å². The number of hydrogen-bond donors (Lipinski definition) is 1. The number of rotatable bonds is 6. The molecule has 0 radical (unpaired) electrons. The molecule has 2 atom stereocenters. The molecule has 2 aromatic rings. The van der Waals surface area contributed by atoms with Crippen molar-refractivity contribution >= 4 is 11.8 Å². The smallest absolute Gasteiger partial charge is 0.268 e. The fourth-order valence-corrected chi connectivity index (χ4v) is 4.93. The number of likely N-dealkylation sites (tertiary alicyclic amines) is 1. The Bertz CT molecular complexity index is 935. The monoisotopic (exact) mass is 423 g/mol. The number of nitrogens with zero attached hydrogens (tertiary/aromatic N) is 2. The Morgan fingerprint density at radius 2 is 1.97 bits per heavy atom. The summed E-state index contributed by atoms with van der Waals surface area (Å²) >= 11 is 0. The summed E-state index contributed by atoms with van der Waals surface area (Å²) in [6, 6.07) is 12.0. The van der Waals surface area contributed by atoms with Crippen LogP contribution in [0.3, 0.4) is 0 Å². The highest BCUT2D eigenvalue weighted by molar-refractivity contribution is 6.01. The van der Waals surface area contributed by atoms with Crippen LogP contribution in [-0.2, 0) is 17.9 Å². The van der Waals surface area contributed by atoms with Gasteiger partial charge >= 0.3 is 0 Å². The van der Waals surface area contributed by atoms with Crippen LogP contribution < -0.4 is 5.32 Å². The molecule has 2 aliphatic heterocycles. The molecular weight excluding hydrogens is 390 g/mol. The highest BCUT2D eigenvalue weighted by atomic mass is 16.5. The van der Waals surface area contributed by atoms with Crippen LogP contribution in [0.1, 0.15) is 78.2 Å². The Hall–Kier alpha value is -2.60. The molecule has 6 nitrogen and oxygen atoms in total. The van der Waals surface area contributed by atoms with E-state index < -0.39 is 0 Å². The van der Waals surface area contributed by atoms with E-state index >= 15 is 0 Å². The number of benzene rings is 1. The molecular formula is C25H33N3O3. The minimum Gasteiger partial charge on any atom is -0.373 e. The summed E-state index contributed by atoms with van der Waals surface area (Å²) in [4.78, 5) is 28.8. The summed E-state index contributed by atoms with van der Waals surface area (Å²) in [5, 5.41) is 3.17. The van der Waals surface area contributed by atoms with E-state index in [0.717, 1.165) is 37.1 Å². The van der Waals surface area contributed by atoms with E-state index in [1.165, 1.54) is 0 Å². The van der Waals surface area contributed by atoms with Gasteiger partial charge in [0.15, 0.2) is 0 Å². The van der Waals surface area contributed by atoms with Gasteiger partial charge in [-0.1, -0.05) is 51.1 Å². The summed E-state index contributed by atoms with van der Waals surface area (Å²) in [6.07, 6.45) is 2.87. The number of carbonyl (C=O) groups is 2. The molecule has 1 saturated heterocycles. The molecule has 2 unspecified atom stereocenters. The number of hydrogen-bond acceptors (Lipinski definition) is 3. The molecule has 6 heteroatoms. The topological polar surface area (TPSA) is 63.6 Å². The number of fused-ring (bicyclic) bond motifs is 1. The van der Waals surface area contributed by atoms with E-state index in [2.05, 4.69) is 26.1 Å². The van der Waals surface area contributed by atoms with Crippen molar-refractivity contribution in [3.63, 3.8) is 0 Å². The maximum Gasteiger partial charge on any atom is 0.268 e. The molecule has 1 aromatic heterocycles. The predicted molar refractivity (Wildman–Crippen MR) is 120 cm³/mol. The molecule has 0 aliphatic carbocycles. The summed E-state index contributed by atoms with van der Waals surface area (Å²) in [6.45, 7) is 8.67. The van der Waals surface area contributed by atoms with Crippen molar-refractivity contribution in [2.75, 3.05) is 13.2 Å². The van der Waals surface area contributed by atoms with Gasteiger partial charge < -0.3 is 19.5 Å². The van der Waals surface area contributed by atoms with Crippen molar-refractivity contribution in [2.24, 2.45) is 5.92 Å². The van der Waals surface area contributed by atoms with Crippen LogP contribution in [0.4, 0.5) is 0 Å². The Morgan fingerprint density at radius 1 is 1.19 bits per heavy atom. The molecule has 0 saturated carbocycles. The van der Waals surface area contributed by atoms with Crippen LogP contribution in [0, 0.1) is 5.92 Å². The SMILES string of the molecule is CCC(NC(=O)c1cc(C(=O)N2CCCC2C(C)C)c2n1CCOC2)c1ccccc1. The average molecular weight is 424 g/mol. The van der Waals surface area contributed by atoms with Gasteiger partial charge in [-0.3, -0.25) is 9.59 Å². The zero-order valence-corrected chi connectivity index (χ0v) is 18.8.